The Kier molecular flexibility index (Phi) is 3.52. The van der Waals surface area contributed by atoms with Crippen LogP contribution in [0, 0.1) is 0 Å². The lowest BCUT2D eigenvalue weighted by atomic mass is 9.79. The molecule has 0 aliphatic carbocycles. The second-order valence-electron chi connectivity index (χ2n) is 4.35. The van der Waals surface area contributed by atoms with E-state index < -0.39 is 13.1 Å². The number of benzene rings is 1. The van der Waals surface area contributed by atoms with E-state index in [2.05, 4.69) is 0 Å². The van der Waals surface area contributed by atoms with Crippen molar-refractivity contribution in [3.63, 3.8) is 0 Å². The van der Waals surface area contributed by atoms with Gasteiger partial charge in [-0.3, -0.25) is 0 Å². The van der Waals surface area contributed by atoms with Crippen LogP contribution in [0.25, 0.3) is 0 Å². The summed E-state index contributed by atoms with van der Waals surface area (Å²) in [6.45, 7) is 0.302. The normalized spacial score (nSPS) is 13.4. The lowest BCUT2D eigenvalue weighted by molar-refractivity contribution is 0.0446. The van der Waals surface area contributed by atoms with Crippen LogP contribution >= 0.6 is 11.6 Å². The highest BCUT2D eigenvalue weighted by atomic mass is 35.5. The van der Waals surface area contributed by atoms with Crippen molar-refractivity contribution < 1.29 is 23.6 Å². The van der Waals surface area contributed by atoms with Gasteiger partial charge in [-0.2, -0.15) is 0 Å². The minimum atomic E-state index is -1.03. The summed E-state index contributed by atoms with van der Waals surface area (Å²) >= 11 is 6.05. The van der Waals surface area contributed by atoms with Gasteiger partial charge in [0.25, 0.3) is 0 Å². The molecule has 0 atom stereocenters. The second kappa shape index (κ2) is 5.32. The van der Waals surface area contributed by atoms with E-state index in [0.717, 1.165) is 5.56 Å². The highest BCUT2D eigenvalue weighted by Crippen LogP contribution is 2.22. The first-order chi connectivity index (χ1) is 9.65. The molecule has 2 heterocycles. The number of fused-ring (bicyclic) bond motifs is 1. The third-order valence-electron chi connectivity index (χ3n) is 3.04. The first kappa shape index (κ1) is 13.2. The minimum Gasteiger partial charge on any atom is -0.466 e. The number of furan rings is 1. The lowest BCUT2D eigenvalue weighted by Gasteiger charge is -2.07. The van der Waals surface area contributed by atoms with Crippen molar-refractivity contribution in [1.82, 2.24) is 0 Å². The summed E-state index contributed by atoms with van der Waals surface area (Å²) in [6, 6.07) is 6.52. The molecule has 1 aliphatic rings. The molecule has 1 aromatic heterocycles. The molecule has 5 nitrogen and oxygen atoms in total. The highest BCUT2D eigenvalue weighted by Gasteiger charge is 2.29. The van der Waals surface area contributed by atoms with Crippen LogP contribution in [0.5, 0.6) is 0 Å². The number of esters is 1. The van der Waals surface area contributed by atoms with Crippen LogP contribution < -0.4 is 5.46 Å². The van der Waals surface area contributed by atoms with Gasteiger partial charge < -0.3 is 18.8 Å². The highest BCUT2D eigenvalue weighted by molar-refractivity contribution is 6.61. The van der Waals surface area contributed by atoms with Crippen LogP contribution in [0.15, 0.2) is 34.9 Å². The SMILES string of the molecule is O=C(OCc1ccco1)c1cc2c(cc1Cl)COB2O. The number of rotatable bonds is 3. The monoisotopic (exact) mass is 292 g/mol. The van der Waals surface area contributed by atoms with Crippen LogP contribution in [-0.4, -0.2) is 18.1 Å². The van der Waals surface area contributed by atoms with Gasteiger partial charge in [0.05, 0.1) is 23.5 Å². The molecule has 0 fully saturated rings. The maximum atomic E-state index is 12.0. The van der Waals surface area contributed by atoms with Crippen LogP contribution in [0.2, 0.25) is 5.02 Å². The van der Waals surface area contributed by atoms with Crippen molar-refractivity contribution in [1.29, 1.82) is 0 Å². The van der Waals surface area contributed by atoms with Gasteiger partial charge in [-0.25, -0.2) is 4.79 Å². The summed E-state index contributed by atoms with van der Waals surface area (Å²) < 4.78 is 15.2. The molecular formula is C13H10BClO5. The molecule has 20 heavy (non-hydrogen) atoms. The predicted octanol–water partition coefficient (Wildman–Crippen LogP) is 1.51. The average Bonchev–Trinajstić information content (AvgIpc) is 3.06. The molecule has 1 aromatic carbocycles. The van der Waals surface area contributed by atoms with Gasteiger partial charge in [0.1, 0.15) is 12.4 Å². The zero-order chi connectivity index (χ0) is 14.1. The molecule has 0 spiro atoms. The van der Waals surface area contributed by atoms with Crippen LogP contribution in [0.1, 0.15) is 21.7 Å². The van der Waals surface area contributed by atoms with E-state index in [4.69, 9.17) is 25.4 Å². The van der Waals surface area contributed by atoms with Crippen LogP contribution in [0.4, 0.5) is 0 Å². The molecule has 0 bridgehead atoms. The van der Waals surface area contributed by atoms with E-state index in [0.29, 0.717) is 11.2 Å². The van der Waals surface area contributed by atoms with Gasteiger partial charge in [-0.05, 0) is 35.3 Å². The molecule has 1 N–H and O–H groups in total. The molecule has 7 heteroatoms. The van der Waals surface area contributed by atoms with Crippen LogP contribution in [0.3, 0.4) is 0 Å². The Morgan fingerprint density at radius 3 is 3.10 bits per heavy atom. The first-order valence-corrected chi connectivity index (χ1v) is 6.34. The Morgan fingerprint density at radius 1 is 1.50 bits per heavy atom. The zero-order valence-electron chi connectivity index (χ0n) is 10.3. The zero-order valence-corrected chi connectivity index (χ0v) is 11.1. The summed E-state index contributed by atoms with van der Waals surface area (Å²) in [5.74, 6) is -0.0349. The Morgan fingerprint density at radius 2 is 2.35 bits per heavy atom. The molecule has 2 aromatic rings. The standard InChI is InChI=1S/C13H10BClO5/c15-12-4-8-6-20-14(17)11(8)5-10(12)13(16)19-7-9-2-1-3-18-9/h1-5,17H,6-7H2. The number of carbonyl (C=O) groups is 1. The second-order valence-corrected chi connectivity index (χ2v) is 4.76. The van der Waals surface area contributed by atoms with E-state index in [1.165, 1.54) is 12.3 Å². The first-order valence-electron chi connectivity index (χ1n) is 5.96. The lowest BCUT2D eigenvalue weighted by Crippen LogP contribution is -2.29. The Balaban J connectivity index is 1.79. The van der Waals surface area contributed by atoms with E-state index in [-0.39, 0.29) is 23.8 Å². The summed E-state index contributed by atoms with van der Waals surface area (Å²) in [7, 11) is -1.03. The summed E-state index contributed by atoms with van der Waals surface area (Å²) in [5, 5.41) is 9.90. The maximum absolute atomic E-state index is 12.0. The molecule has 0 amide bonds. The van der Waals surface area contributed by atoms with E-state index in [1.54, 1.807) is 18.2 Å². The summed E-state index contributed by atoms with van der Waals surface area (Å²) in [4.78, 5) is 12.0. The Labute approximate surface area is 120 Å². The fourth-order valence-electron chi connectivity index (χ4n) is 2.01. The van der Waals surface area contributed by atoms with Gasteiger partial charge in [0, 0.05) is 0 Å². The molecule has 0 saturated heterocycles. The molecule has 1 aliphatic heterocycles. The Bertz CT molecular complexity index is 640. The fraction of sp³-hybridized carbons (Fsp3) is 0.154. The number of ether oxygens (including phenoxy) is 1. The fourth-order valence-corrected chi connectivity index (χ4v) is 2.27. The maximum Gasteiger partial charge on any atom is 0.491 e. The van der Waals surface area contributed by atoms with Crippen molar-refractivity contribution >= 4 is 30.2 Å². The van der Waals surface area contributed by atoms with Crippen molar-refractivity contribution in [2.75, 3.05) is 0 Å². The quantitative estimate of drug-likeness (QED) is 0.686. The van der Waals surface area contributed by atoms with E-state index in [9.17, 15) is 9.82 Å². The van der Waals surface area contributed by atoms with Gasteiger partial charge >= 0.3 is 13.1 Å². The van der Waals surface area contributed by atoms with E-state index in [1.807, 2.05) is 0 Å². The molecule has 0 unspecified atom stereocenters. The van der Waals surface area contributed by atoms with Gasteiger partial charge in [-0.15, -0.1) is 0 Å². The molecule has 0 saturated carbocycles. The smallest absolute Gasteiger partial charge is 0.466 e. The number of carbonyl (C=O) groups excluding carboxylic acids is 1. The van der Waals surface area contributed by atoms with Crippen LogP contribution in [-0.2, 0) is 22.6 Å². The molecule has 102 valence electrons. The van der Waals surface area contributed by atoms with Crippen molar-refractivity contribution in [2.24, 2.45) is 0 Å². The minimum absolute atomic E-state index is 0.0261. The molecular weight excluding hydrogens is 282 g/mol. The molecule has 3 rings (SSSR count). The van der Waals surface area contributed by atoms with E-state index >= 15 is 0 Å². The topological polar surface area (TPSA) is 68.9 Å². The Hall–Kier alpha value is -1.76. The number of halogens is 1. The summed E-state index contributed by atoms with van der Waals surface area (Å²) in [6.07, 6.45) is 1.50. The molecule has 0 radical (unpaired) electrons. The number of hydrogen-bond donors (Lipinski definition) is 1. The van der Waals surface area contributed by atoms with Gasteiger partial charge in [0.2, 0.25) is 0 Å². The van der Waals surface area contributed by atoms with Crippen molar-refractivity contribution in [3.05, 3.63) is 52.4 Å². The van der Waals surface area contributed by atoms with Gasteiger partial charge in [-0.1, -0.05) is 11.6 Å². The number of hydrogen-bond acceptors (Lipinski definition) is 5. The third-order valence-corrected chi connectivity index (χ3v) is 3.35. The third kappa shape index (κ3) is 2.45. The largest absolute Gasteiger partial charge is 0.491 e. The van der Waals surface area contributed by atoms with Crippen molar-refractivity contribution in [2.45, 2.75) is 13.2 Å². The van der Waals surface area contributed by atoms with Crippen molar-refractivity contribution in [3.8, 4) is 0 Å². The predicted molar refractivity (Wildman–Crippen MR) is 71.7 cm³/mol. The van der Waals surface area contributed by atoms with Gasteiger partial charge in [0.15, 0.2) is 0 Å². The summed E-state index contributed by atoms with van der Waals surface area (Å²) in [5.41, 5.74) is 1.51. The average molecular weight is 292 g/mol.